The number of piperidine rings is 1. The second-order valence-electron chi connectivity index (χ2n) is 8.03. The molecule has 1 atom stereocenters. The number of carbonyl (C=O) groups excluding carboxylic acids is 1. The van der Waals surface area contributed by atoms with E-state index >= 15 is 0 Å². The summed E-state index contributed by atoms with van der Waals surface area (Å²) in [4.78, 5) is 19.2. The number of hydrogen-bond donors (Lipinski definition) is 1. The summed E-state index contributed by atoms with van der Waals surface area (Å²) in [7, 11) is 0. The molecule has 0 bridgehead atoms. The number of ether oxygens (including phenoxy) is 1. The van der Waals surface area contributed by atoms with Crippen molar-refractivity contribution in [3.63, 3.8) is 0 Å². The molecular weight excluding hydrogens is 368 g/mol. The number of urea groups is 1. The quantitative estimate of drug-likeness (QED) is 0.691. The Labute approximate surface area is 171 Å². The standard InChI is InChI=1S/C22H30N4O3/c27-22(23-18-10-2-1-3-11-18)26-14-7-6-12-19(26)21-24-20(25-29-21)13-15-28-16-17-8-4-5-9-17/h1-3,10-11,17,19H,4-9,12-16H2,(H,23,27). The number of hydrogen-bond acceptors (Lipinski definition) is 5. The average Bonchev–Trinajstić information content (AvgIpc) is 3.44. The Balaban J connectivity index is 1.31. The maximum absolute atomic E-state index is 12.8. The molecule has 1 saturated carbocycles. The first-order valence-electron chi connectivity index (χ1n) is 10.8. The molecule has 1 aliphatic carbocycles. The van der Waals surface area contributed by atoms with E-state index in [0.717, 1.165) is 37.5 Å². The molecule has 0 radical (unpaired) electrons. The van der Waals surface area contributed by atoms with Crippen molar-refractivity contribution >= 4 is 11.7 Å². The highest BCUT2D eigenvalue weighted by Gasteiger charge is 2.32. The van der Waals surface area contributed by atoms with Crippen LogP contribution in [0, 0.1) is 5.92 Å². The molecule has 2 aromatic rings. The number of nitrogens with one attached hydrogen (secondary N) is 1. The smallest absolute Gasteiger partial charge is 0.322 e. The lowest BCUT2D eigenvalue weighted by Crippen LogP contribution is -2.41. The molecule has 7 heteroatoms. The highest BCUT2D eigenvalue weighted by atomic mass is 16.5. The summed E-state index contributed by atoms with van der Waals surface area (Å²) in [5.41, 5.74) is 0.785. The fourth-order valence-corrected chi connectivity index (χ4v) is 4.24. The largest absolute Gasteiger partial charge is 0.381 e. The molecule has 2 amide bonds. The van der Waals surface area contributed by atoms with Gasteiger partial charge in [-0.3, -0.25) is 0 Å². The van der Waals surface area contributed by atoms with Crippen LogP contribution < -0.4 is 5.32 Å². The Kier molecular flexibility index (Phi) is 6.77. The number of benzene rings is 1. The van der Waals surface area contributed by atoms with Gasteiger partial charge in [0.1, 0.15) is 6.04 Å². The van der Waals surface area contributed by atoms with Crippen molar-refractivity contribution in [2.75, 3.05) is 25.1 Å². The topological polar surface area (TPSA) is 80.5 Å². The molecule has 1 aliphatic heterocycles. The fraction of sp³-hybridized carbons (Fsp3) is 0.591. The molecule has 0 spiro atoms. The van der Waals surface area contributed by atoms with Crippen LogP contribution in [0.25, 0.3) is 0 Å². The number of nitrogens with zero attached hydrogens (tertiary/aromatic N) is 3. The van der Waals surface area contributed by atoms with Crippen molar-refractivity contribution in [2.24, 2.45) is 5.92 Å². The first-order valence-corrected chi connectivity index (χ1v) is 10.8. The van der Waals surface area contributed by atoms with Gasteiger partial charge in [0, 0.05) is 25.3 Å². The summed E-state index contributed by atoms with van der Waals surface area (Å²) in [6, 6.07) is 9.20. The van der Waals surface area contributed by atoms with Crippen LogP contribution in [0.3, 0.4) is 0 Å². The van der Waals surface area contributed by atoms with Gasteiger partial charge in [-0.25, -0.2) is 4.79 Å². The predicted molar refractivity (Wildman–Crippen MR) is 110 cm³/mol. The van der Waals surface area contributed by atoms with E-state index in [1.165, 1.54) is 25.7 Å². The third-order valence-corrected chi connectivity index (χ3v) is 5.86. The highest BCUT2D eigenvalue weighted by Crippen LogP contribution is 2.30. The maximum Gasteiger partial charge on any atom is 0.322 e. The Hall–Kier alpha value is -2.41. The molecule has 2 fully saturated rings. The van der Waals surface area contributed by atoms with E-state index < -0.39 is 0 Å². The van der Waals surface area contributed by atoms with Gasteiger partial charge in [-0.15, -0.1) is 0 Å². The molecule has 29 heavy (non-hydrogen) atoms. The zero-order chi connectivity index (χ0) is 19.9. The minimum atomic E-state index is -0.173. The van der Waals surface area contributed by atoms with Crippen LogP contribution in [0.4, 0.5) is 10.5 Å². The van der Waals surface area contributed by atoms with Crippen LogP contribution in [0.2, 0.25) is 0 Å². The second kappa shape index (κ2) is 9.87. The minimum absolute atomic E-state index is 0.124. The molecule has 2 heterocycles. The molecule has 4 rings (SSSR count). The minimum Gasteiger partial charge on any atom is -0.381 e. The second-order valence-corrected chi connectivity index (χ2v) is 8.03. The van der Waals surface area contributed by atoms with Gasteiger partial charge in [0.2, 0.25) is 5.89 Å². The van der Waals surface area contributed by atoms with Crippen molar-refractivity contribution in [2.45, 2.75) is 57.4 Å². The van der Waals surface area contributed by atoms with E-state index in [1.807, 2.05) is 35.2 Å². The van der Waals surface area contributed by atoms with E-state index in [2.05, 4.69) is 15.5 Å². The van der Waals surface area contributed by atoms with Crippen molar-refractivity contribution in [1.29, 1.82) is 0 Å². The van der Waals surface area contributed by atoms with E-state index in [0.29, 0.717) is 31.3 Å². The summed E-state index contributed by atoms with van der Waals surface area (Å²) in [6.07, 6.45) is 8.73. The first-order chi connectivity index (χ1) is 14.3. The average molecular weight is 399 g/mol. The van der Waals surface area contributed by atoms with Gasteiger partial charge in [-0.1, -0.05) is 36.2 Å². The normalized spacial score (nSPS) is 20.1. The predicted octanol–water partition coefficient (Wildman–Crippen LogP) is 4.58. The van der Waals surface area contributed by atoms with Gasteiger partial charge in [0.15, 0.2) is 5.82 Å². The molecular formula is C22H30N4O3. The third kappa shape index (κ3) is 5.35. The molecule has 1 N–H and O–H groups in total. The van der Waals surface area contributed by atoms with Gasteiger partial charge in [-0.2, -0.15) is 4.98 Å². The third-order valence-electron chi connectivity index (χ3n) is 5.86. The Morgan fingerprint density at radius 1 is 1.14 bits per heavy atom. The van der Waals surface area contributed by atoms with Gasteiger partial charge < -0.3 is 19.5 Å². The van der Waals surface area contributed by atoms with Crippen molar-refractivity contribution < 1.29 is 14.1 Å². The molecule has 2 aliphatic rings. The van der Waals surface area contributed by atoms with Crippen LogP contribution in [-0.4, -0.2) is 40.8 Å². The molecule has 1 aromatic carbocycles. The number of rotatable bonds is 7. The lowest BCUT2D eigenvalue weighted by atomic mass is 10.0. The lowest BCUT2D eigenvalue weighted by Gasteiger charge is -2.33. The number of likely N-dealkylation sites (tertiary alicyclic amines) is 1. The zero-order valence-corrected chi connectivity index (χ0v) is 16.9. The van der Waals surface area contributed by atoms with E-state index in [-0.39, 0.29) is 12.1 Å². The van der Waals surface area contributed by atoms with Crippen LogP contribution in [-0.2, 0) is 11.2 Å². The monoisotopic (exact) mass is 398 g/mol. The summed E-state index contributed by atoms with van der Waals surface area (Å²) >= 11 is 0. The Morgan fingerprint density at radius 2 is 1.93 bits per heavy atom. The van der Waals surface area contributed by atoms with Crippen molar-refractivity contribution in [3.8, 4) is 0 Å². The Morgan fingerprint density at radius 3 is 2.76 bits per heavy atom. The summed E-state index contributed by atoms with van der Waals surface area (Å²) in [5, 5.41) is 7.08. The van der Waals surface area contributed by atoms with Gasteiger partial charge in [0.25, 0.3) is 0 Å². The molecule has 1 aromatic heterocycles. The summed E-state index contributed by atoms with van der Waals surface area (Å²) < 4.78 is 11.3. The van der Waals surface area contributed by atoms with Crippen LogP contribution in [0.5, 0.6) is 0 Å². The summed E-state index contributed by atoms with van der Waals surface area (Å²) in [6.45, 7) is 2.13. The number of aromatic nitrogens is 2. The number of amides is 2. The summed E-state index contributed by atoms with van der Waals surface area (Å²) in [5.74, 6) is 1.90. The van der Waals surface area contributed by atoms with E-state index in [1.54, 1.807) is 0 Å². The van der Waals surface area contributed by atoms with Crippen LogP contribution >= 0.6 is 0 Å². The van der Waals surface area contributed by atoms with Crippen LogP contribution in [0.15, 0.2) is 34.9 Å². The van der Waals surface area contributed by atoms with Crippen LogP contribution in [0.1, 0.15) is 62.7 Å². The lowest BCUT2D eigenvalue weighted by molar-refractivity contribution is 0.102. The SMILES string of the molecule is O=C(Nc1ccccc1)N1CCCCC1c1nc(CCOCC2CCCC2)no1. The first kappa shape index (κ1) is 19.9. The van der Waals surface area contributed by atoms with Gasteiger partial charge >= 0.3 is 6.03 Å². The fourth-order valence-electron chi connectivity index (χ4n) is 4.24. The maximum atomic E-state index is 12.8. The Bertz CT molecular complexity index is 773. The van der Waals surface area contributed by atoms with Gasteiger partial charge in [-0.05, 0) is 50.2 Å². The number of para-hydroxylation sites is 1. The van der Waals surface area contributed by atoms with E-state index in [9.17, 15) is 4.79 Å². The van der Waals surface area contributed by atoms with E-state index in [4.69, 9.17) is 9.26 Å². The molecule has 156 valence electrons. The molecule has 1 saturated heterocycles. The molecule has 1 unspecified atom stereocenters. The zero-order valence-electron chi connectivity index (χ0n) is 16.9. The number of carbonyl (C=O) groups is 1. The number of anilines is 1. The molecule has 7 nitrogen and oxygen atoms in total. The van der Waals surface area contributed by atoms with Crippen molar-refractivity contribution in [3.05, 3.63) is 42.0 Å². The van der Waals surface area contributed by atoms with Crippen molar-refractivity contribution in [1.82, 2.24) is 15.0 Å². The highest BCUT2D eigenvalue weighted by molar-refractivity contribution is 5.89. The van der Waals surface area contributed by atoms with Gasteiger partial charge in [0.05, 0.1) is 6.61 Å².